The summed E-state index contributed by atoms with van der Waals surface area (Å²) in [5, 5.41) is 0. The van der Waals surface area contributed by atoms with Crippen molar-refractivity contribution in [2.24, 2.45) is 10.7 Å². The minimum absolute atomic E-state index is 0.420. The number of aromatic nitrogens is 1. The van der Waals surface area contributed by atoms with Crippen LogP contribution in [0.4, 0.5) is 0 Å². The molecular weight excluding hydrogens is 252 g/mol. The zero-order chi connectivity index (χ0) is 14.4. The SMILES string of the molecule is CCN(CC)C(N)=NCc1ncoc1-c1ccccc1. The first-order valence-electron chi connectivity index (χ1n) is 6.78. The van der Waals surface area contributed by atoms with Gasteiger partial charge in [0.05, 0.1) is 6.54 Å². The molecule has 5 nitrogen and oxygen atoms in total. The van der Waals surface area contributed by atoms with E-state index in [4.69, 9.17) is 10.2 Å². The van der Waals surface area contributed by atoms with Gasteiger partial charge >= 0.3 is 0 Å². The van der Waals surface area contributed by atoms with Gasteiger partial charge in [-0.05, 0) is 13.8 Å². The standard InChI is InChI=1S/C15H20N4O/c1-3-19(4-2)15(16)17-10-13-14(20-11-18-13)12-8-6-5-7-9-12/h5-9,11H,3-4,10H2,1-2H3,(H2,16,17). The van der Waals surface area contributed by atoms with Crippen molar-refractivity contribution >= 4 is 5.96 Å². The van der Waals surface area contributed by atoms with Gasteiger partial charge in [0, 0.05) is 18.7 Å². The molecular formula is C15H20N4O. The third-order valence-electron chi connectivity index (χ3n) is 3.16. The molecule has 0 unspecified atom stereocenters. The maximum absolute atomic E-state index is 5.96. The lowest BCUT2D eigenvalue weighted by atomic mass is 10.1. The zero-order valence-electron chi connectivity index (χ0n) is 11.9. The molecule has 0 aliphatic carbocycles. The molecule has 20 heavy (non-hydrogen) atoms. The molecule has 0 bridgehead atoms. The number of aliphatic imine (C=N–C) groups is 1. The summed E-state index contributed by atoms with van der Waals surface area (Å²) >= 11 is 0. The molecule has 5 heteroatoms. The van der Waals surface area contributed by atoms with Crippen LogP contribution >= 0.6 is 0 Å². The normalized spacial score (nSPS) is 11.6. The second-order valence-electron chi connectivity index (χ2n) is 4.34. The summed E-state index contributed by atoms with van der Waals surface area (Å²) in [4.78, 5) is 10.6. The fraction of sp³-hybridized carbons (Fsp3) is 0.333. The van der Waals surface area contributed by atoms with Crippen LogP contribution in [0.15, 0.2) is 46.1 Å². The number of hydrogen-bond acceptors (Lipinski definition) is 3. The van der Waals surface area contributed by atoms with Crippen LogP contribution in [0.3, 0.4) is 0 Å². The predicted octanol–water partition coefficient (Wildman–Crippen LogP) is 2.50. The monoisotopic (exact) mass is 272 g/mol. The first kappa shape index (κ1) is 14.1. The molecule has 106 valence electrons. The lowest BCUT2D eigenvalue weighted by Crippen LogP contribution is -2.37. The molecule has 0 fully saturated rings. The van der Waals surface area contributed by atoms with Crippen LogP contribution in [0, 0.1) is 0 Å². The molecule has 1 aromatic heterocycles. The first-order chi connectivity index (χ1) is 9.76. The Bertz CT molecular complexity index is 558. The van der Waals surface area contributed by atoms with Gasteiger partial charge < -0.3 is 15.1 Å². The average molecular weight is 272 g/mol. The highest BCUT2D eigenvalue weighted by Gasteiger charge is 2.10. The van der Waals surface area contributed by atoms with Crippen molar-refractivity contribution in [3.05, 3.63) is 42.4 Å². The van der Waals surface area contributed by atoms with Crippen molar-refractivity contribution in [3.8, 4) is 11.3 Å². The van der Waals surface area contributed by atoms with Crippen molar-refractivity contribution in [2.45, 2.75) is 20.4 Å². The lowest BCUT2D eigenvalue weighted by molar-refractivity contribution is 0.458. The summed E-state index contributed by atoms with van der Waals surface area (Å²) in [5.41, 5.74) is 7.76. The van der Waals surface area contributed by atoms with Crippen LogP contribution in [0.5, 0.6) is 0 Å². The van der Waals surface area contributed by atoms with E-state index >= 15 is 0 Å². The van der Waals surface area contributed by atoms with Gasteiger partial charge in [-0.1, -0.05) is 30.3 Å². The molecule has 0 saturated heterocycles. The summed E-state index contributed by atoms with van der Waals surface area (Å²) in [6.07, 6.45) is 1.45. The highest BCUT2D eigenvalue weighted by molar-refractivity contribution is 5.78. The van der Waals surface area contributed by atoms with Crippen molar-refractivity contribution in [1.29, 1.82) is 0 Å². The second kappa shape index (κ2) is 6.75. The Morgan fingerprint density at radius 1 is 1.25 bits per heavy atom. The van der Waals surface area contributed by atoms with Crippen molar-refractivity contribution in [1.82, 2.24) is 9.88 Å². The molecule has 2 N–H and O–H groups in total. The highest BCUT2D eigenvalue weighted by atomic mass is 16.3. The van der Waals surface area contributed by atoms with Crippen molar-refractivity contribution < 1.29 is 4.42 Å². The smallest absolute Gasteiger partial charge is 0.191 e. The van der Waals surface area contributed by atoms with Crippen LogP contribution in [0.25, 0.3) is 11.3 Å². The summed E-state index contributed by atoms with van der Waals surface area (Å²) in [7, 11) is 0. The van der Waals surface area contributed by atoms with Gasteiger partial charge in [-0.3, -0.25) is 0 Å². The third kappa shape index (κ3) is 3.17. The predicted molar refractivity (Wildman–Crippen MR) is 80.2 cm³/mol. The number of hydrogen-bond donors (Lipinski definition) is 1. The van der Waals surface area contributed by atoms with Crippen LogP contribution in [0.2, 0.25) is 0 Å². The van der Waals surface area contributed by atoms with Gasteiger partial charge in [0.1, 0.15) is 5.69 Å². The largest absolute Gasteiger partial charge is 0.443 e. The van der Waals surface area contributed by atoms with Crippen LogP contribution < -0.4 is 5.73 Å². The average Bonchev–Trinajstić information content (AvgIpc) is 2.95. The van der Waals surface area contributed by atoms with E-state index in [0.717, 1.165) is 30.1 Å². The van der Waals surface area contributed by atoms with E-state index in [-0.39, 0.29) is 0 Å². The van der Waals surface area contributed by atoms with E-state index in [2.05, 4.69) is 23.8 Å². The summed E-state index contributed by atoms with van der Waals surface area (Å²) in [6.45, 7) is 6.21. The molecule has 0 spiro atoms. The van der Waals surface area contributed by atoms with Crippen molar-refractivity contribution in [2.75, 3.05) is 13.1 Å². The third-order valence-corrected chi connectivity index (χ3v) is 3.16. The zero-order valence-corrected chi connectivity index (χ0v) is 11.9. The van der Waals surface area contributed by atoms with Gasteiger partial charge in [0.2, 0.25) is 0 Å². The molecule has 1 aromatic carbocycles. The fourth-order valence-corrected chi connectivity index (χ4v) is 2.01. The molecule has 0 atom stereocenters. The maximum Gasteiger partial charge on any atom is 0.191 e. The van der Waals surface area contributed by atoms with Crippen LogP contribution in [-0.4, -0.2) is 28.9 Å². The molecule has 0 amide bonds. The number of nitrogens with zero attached hydrogens (tertiary/aromatic N) is 3. The van der Waals surface area contributed by atoms with E-state index in [1.165, 1.54) is 6.39 Å². The summed E-state index contributed by atoms with van der Waals surface area (Å²) in [5.74, 6) is 1.29. The lowest BCUT2D eigenvalue weighted by Gasteiger charge is -2.19. The molecule has 0 aliphatic rings. The first-order valence-corrected chi connectivity index (χ1v) is 6.78. The molecule has 1 heterocycles. The van der Waals surface area contributed by atoms with E-state index in [0.29, 0.717) is 12.5 Å². The number of oxazole rings is 1. The maximum atomic E-state index is 5.96. The Labute approximate surface area is 119 Å². The number of rotatable bonds is 5. The van der Waals surface area contributed by atoms with Crippen LogP contribution in [-0.2, 0) is 6.54 Å². The minimum Gasteiger partial charge on any atom is -0.443 e. The summed E-state index contributed by atoms with van der Waals surface area (Å²) in [6, 6.07) is 9.88. The van der Waals surface area contributed by atoms with E-state index in [1.807, 2.05) is 35.2 Å². The van der Waals surface area contributed by atoms with Crippen LogP contribution in [0.1, 0.15) is 19.5 Å². The van der Waals surface area contributed by atoms with E-state index < -0.39 is 0 Å². The minimum atomic E-state index is 0.420. The second-order valence-corrected chi connectivity index (χ2v) is 4.34. The molecule has 0 saturated carbocycles. The van der Waals surface area contributed by atoms with Crippen molar-refractivity contribution in [3.63, 3.8) is 0 Å². The molecule has 2 rings (SSSR count). The summed E-state index contributed by atoms with van der Waals surface area (Å²) < 4.78 is 5.46. The van der Waals surface area contributed by atoms with Gasteiger partial charge in [0.25, 0.3) is 0 Å². The highest BCUT2D eigenvalue weighted by Crippen LogP contribution is 2.23. The van der Waals surface area contributed by atoms with Gasteiger partial charge in [-0.15, -0.1) is 0 Å². The Hall–Kier alpha value is -2.30. The van der Waals surface area contributed by atoms with E-state index in [9.17, 15) is 0 Å². The molecule has 2 aromatic rings. The van der Waals surface area contributed by atoms with E-state index in [1.54, 1.807) is 0 Å². The molecule has 0 aliphatic heterocycles. The Kier molecular flexibility index (Phi) is 4.76. The Balaban J connectivity index is 2.16. The topological polar surface area (TPSA) is 67.7 Å². The number of nitrogens with two attached hydrogens (primary N) is 1. The Morgan fingerprint density at radius 3 is 2.60 bits per heavy atom. The fourth-order valence-electron chi connectivity index (χ4n) is 2.01. The Morgan fingerprint density at radius 2 is 1.95 bits per heavy atom. The van der Waals surface area contributed by atoms with Gasteiger partial charge in [0.15, 0.2) is 18.1 Å². The van der Waals surface area contributed by atoms with Gasteiger partial charge in [-0.25, -0.2) is 9.98 Å². The molecule has 0 radical (unpaired) electrons. The van der Waals surface area contributed by atoms with Gasteiger partial charge in [-0.2, -0.15) is 0 Å². The number of benzene rings is 1. The quantitative estimate of drug-likeness (QED) is 0.670. The number of guanidine groups is 1.